The minimum atomic E-state index is -0.0129. The smallest absolute Gasteiger partial charge is 0.236 e. The van der Waals surface area contributed by atoms with Crippen molar-refractivity contribution in [3.8, 4) is 23.3 Å². The molecule has 1 aromatic carbocycles. The molecule has 0 bridgehead atoms. The zero-order valence-electron chi connectivity index (χ0n) is 12.5. The van der Waals surface area contributed by atoms with Gasteiger partial charge in [-0.2, -0.15) is 9.78 Å². The van der Waals surface area contributed by atoms with Crippen LogP contribution in [0.4, 0.5) is 0 Å². The van der Waals surface area contributed by atoms with Gasteiger partial charge in [-0.05, 0) is 24.8 Å². The Morgan fingerprint density at radius 2 is 2.04 bits per heavy atom. The molecule has 0 aliphatic heterocycles. The molecule has 4 rings (SSSR count). The fourth-order valence-electron chi connectivity index (χ4n) is 2.82. The first-order valence-corrected chi connectivity index (χ1v) is 7.68. The quantitative estimate of drug-likeness (QED) is 0.740. The van der Waals surface area contributed by atoms with Crippen LogP contribution in [0.2, 0.25) is 0 Å². The van der Waals surface area contributed by atoms with E-state index in [1.165, 1.54) is 6.42 Å². The Kier molecular flexibility index (Phi) is 3.39. The lowest BCUT2D eigenvalue weighted by atomic mass is 9.80. The molecule has 0 radical (unpaired) electrons. The molecule has 6 heteroatoms. The zero-order valence-corrected chi connectivity index (χ0v) is 12.5. The normalized spacial score (nSPS) is 14.4. The van der Waals surface area contributed by atoms with E-state index in [1.54, 1.807) is 4.52 Å². The zero-order chi connectivity index (χ0) is 15.6. The topological polar surface area (TPSA) is 76.1 Å². The third kappa shape index (κ3) is 2.40. The molecular formula is C17H15N5O. The first-order valence-electron chi connectivity index (χ1n) is 7.68. The minimum Gasteiger partial charge on any atom is -0.461 e. The van der Waals surface area contributed by atoms with E-state index >= 15 is 0 Å². The molecule has 3 aromatic rings. The van der Waals surface area contributed by atoms with Gasteiger partial charge in [-0.1, -0.05) is 36.8 Å². The largest absolute Gasteiger partial charge is 0.461 e. The molecule has 23 heavy (non-hydrogen) atoms. The summed E-state index contributed by atoms with van der Waals surface area (Å²) in [5, 5.41) is 21.9. The third-order valence-corrected chi connectivity index (χ3v) is 4.24. The number of hydrogen-bond donors (Lipinski definition) is 0. The van der Waals surface area contributed by atoms with E-state index in [-0.39, 0.29) is 6.61 Å². The molecule has 2 aromatic heterocycles. The molecule has 0 unspecified atom stereocenters. The van der Waals surface area contributed by atoms with Crippen LogP contribution in [0.1, 0.15) is 30.7 Å². The van der Waals surface area contributed by atoms with E-state index in [1.807, 2.05) is 42.5 Å². The van der Waals surface area contributed by atoms with Crippen molar-refractivity contribution in [2.24, 2.45) is 0 Å². The van der Waals surface area contributed by atoms with Crippen molar-refractivity contribution in [1.29, 1.82) is 5.26 Å². The van der Waals surface area contributed by atoms with E-state index < -0.39 is 0 Å². The number of benzene rings is 1. The predicted molar refractivity (Wildman–Crippen MR) is 83.9 cm³/mol. The van der Waals surface area contributed by atoms with Crippen LogP contribution in [-0.2, 0) is 0 Å². The lowest BCUT2D eigenvalue weighted by Crippen LogP contribution is -2.13. The maximum atomic E-state index is 8.80. The second kappa shape index (κ2) is 5.69. The average Bonchev–Trinajstić information content (AvgIpc) is 2.94. The van der Waals surface area contributed by atoms with Gasteiger partial charge in [0.1, 0.15) is 6.07 Å². The molecule has 0 atom stereocenters. The van der Waals surface area contributed by atoms with E-state index in [0.29, 0.717) is 23.3 Å². The summed E-state index contributed by atoms with van der Waals surface area (Å²) in [6.07, 6.45) is 3.47. The number of fused-ring (bicyclic) bond motifs is 1. The standard InChI is InChI=1S/C17H15N5O/c18-9-10-23-17-14(12-7-4-8-12)11-15-19-20-16(22(15)21-17)13-5-2-1-3-6-13/h1-3,5-6,11-12H,4,7-8,10H2. The van der Waals surface area contributed by atoms with Crippen LogP contribution in [0.5, 0.6) is 5.88 Å². The van der Waals surface area contributed by atoms with E-state index in [0.717, 1.165) is 24.0 Å². The second-order valence-corrected chi connectivity index (χ2v) is 5.64. The maximum Gasteiger partial charge on any atom is 0.236 e. The lowest BCUT2D eigenvalue weighted by Gasteiger charge is -2.26. The van der Waals surface area contributed by atoms with Crippen molar-refractivity contribution in [3.05, 3.63) is 42.0 Å². The molecular weight excluding hydrogens is 290 g/mol. The molecule has 6 nitrogen and oxygen atoms in total. The summed E-state index contributed by atoms with van der Waals surface area (Å²) in [5.41, 5.74) is 2.68. The molecule has 1 saturated carbocycles. The van der Waals surface area contributed by atoms with Crippen LogP contribution in [-0.4, -0.2) is 26.4 Å². The van der Waals surface area contributed by atoms with Gasteiger partial charge in [0.15, 0.2) is 18.1 Å². The van der Waals surface area contributed by atoms with Gasteiger partial charge in [0.25, 0.3) is 0 Å². The highest BCUT2D eigenvalue weighted by Crippen LogP contribution is 2.40. The third-order valence-electron chi connectivity index (χ3n) is 4.24. The highest BCUT2D eigenvalue weighted by molar-refractivity contribution is 5.59. The summed E-state index contributed by atoms with van der Waals surface area (Å²) in [6, 6.07) is 13.8. The molecule has 1 aliphatic rings. The minimum absolute atomic E-state index is 0.0129. The fourth-order valence-corrected chi connectivity index (χ4v) is 2.82. The van der Waals surface area contributed by atoms with Crippen molar-refractivity contribution in [3.63, 3.8) is 0 Å². The number of ether oxygens (including phenoxy) is 1. The Balaban J connectivity index is 1.84. The van der Waals surface area contributed by atoms with Gasteiger partial charge in [0.05, 0.1) is 0 Å². The second-order valence-electron chi connectivity index (χ2n) is 5.64. The van der Waals surface area contributed by atoms with Gasteiger partial charge in [-0.25, -0.2) is 0 Å². The summed E-state index contributed by atoms with van der Waals surface area (Å²) >= 11 is 0. The number of hydrogen-bond acceptors (Lipinski definition) is 5. The van der Waals surface area contributed by atoms with Gasteiger partial charge in [-0.15, -0.1) is 15.3 Å². The van der Waals surface area contributed by atoms with Crippen LogP contribution in [0.3, 0.4) is 0 Å². The Hall–Kier alpha value is -2.94. The van der Waals surface area contributed by atoms with E-state index in [4.69, 9.17) is 10.00 Å². The van der Waals surface area contributed by atoms with Crippen molar-refractivity contribution < 1.29 is 4.74 Å². The Labute approximate surface area is 133 Å². The summed E-state index contributed by atoms with van der Waals surface area (Å²) in [7, 11) is 0. The van der Waals surface area contributed by atoms with Crippen LogP contribution in [0.15, 0.2) is 36.4 Å². The van der Waals surface area contributed by atoms with Gasteiger partial charge < -0.3 is 4.74 Å². The fraction of sp³-hybridized carbons (Fsp3) is 0.294. The molecule has 1 fully saturated rings. The lowest BCUT2D eigenvalue weighted by molar-refractivity contribution is 0.326. The molecule has 1 aliphatic carbocycles. The summed E-state index contributed by atoms with van der Waals surface area (Å²) < 4.78 is 7.25. The van der Waals surface area contributed by atoms with Crippen LogP contribution in [0, 0.1) is 11.3 Å². The van der Waals surface area contributed by atoms with E-state index in [9.17, 15) is 0 Å². The molecule has 2 heterocycles. The highest BCUT2D eigenvalue weighted by Gasteiger charge is 2.26. The Bertz CT molecular complexity index is 877. The Morgan fingerprint density at radius 3 is 2.74 bits per heavy atom. The van der Waals surface area contributed by atoms with Gasteiger partial charge in [0, 0.05) is 11.1 Å². The summed E-state index contributed by atoms with van der Waals surface area (Å²) in [4.78, 5) is 0. The molecule has 114 valence electrons. The molecule has 0 N–H and O–H groups in total. The Morgan fingerprint density at radius 1 is 1.22 bits per heavy atom. The maximum absolute atomic E-state index is 8.80. The first kappa shape index (κ1) is 13.7. The van der Waals surface area contributed by atoms with Gasteiger partial charge in [-0.3, -0.25) is 0 Å². The molecule has 0 amide bonds. The summed E-state index contributed by atoms with van der Waals surface area (Å²) in [6.45, 7) is -0.0129. The van der Waals surface area contributed by atoms with Crippen LogP contribution >= 0.6 is 0 Å². The van der Waals surface area contributed by atoms with Crippen molar-refractivity contribution in [2.45, 2.75) is 25.2 Å². The predicted octanol–water partition coefficient (Wildman–Crippen LogP) is 2.96. The van der Waals surface area contributed by atoms with Crippen LogP contribution in [0.25, 0.3) is 17.0 Å². The molecule has 0 spiro atoms. The number of aromatic nitrogens is 4. The number of nitriles is 1. The average molecular weight is 305 g/mol. The van der Waals surface area contributed by atoms with Crippen molar-refractivity contribution in [1.82, 2.24) is 19.8 Å². The SMILES string of the molecule is N#CCOc1nn2c(-c3ccccc3)nnc2cc1C1CCC1. The van der Waals surface area contributed by atoms with Crippen LogP contribution < -0.4 is 4.74 Å². The van der Waals surface area contributed by atoms with Gasteiger partial charge in [0.2, 0.25) is 5.88 Å². The highest BCUT2D eigenvalue weighted by atomic mass is 16.5. The number of nitrogens with zero attached hydrogens (tertiary/aromatic N) is 5. The van der Waals surface area contributed by atoms with E-state index in [2.05, 4.69) is 15.3 Å². The first-order chi connectivity index (χ1) is 11.4. The van der Waals surface area contributed by atoms with Crippen molar-refractivity contribution >= 4 is 5.65 Å². The number of rotatable bonds is 4. The molecule has 0 saturated heterocycles. The summed E-state index contributed by atoms with van der Waals surface area (Å²) in [5.74, 6) is 1.63. The van der Waals surface area contributed by atoms with Gasteiger partial charge >= 0.3 is 0 Å². The van der Waals surface area contributed by atoms with Crippen molar-refractivity contribution in [2.75, 3.05) is 6.61 Å². The monoisotopic (exact) mass is 305 g/mol.